The zero-order valence-corrected chi connectivity index (χ0v) is 9.72. The summed E-state index contributed by atoms with van der Waals surface area (Å²) in [7, 11) is 0. The molecule has 0 radical (unpaired) electrons. The van der Waals surface area contributed by atoms with Crippen molar-refractivity contribution >= 4 is 17.3 Å². The highest BCUT2D eigenvalue weighted by molar-refractivity contribution is 5.90. The Bertz CT molecular complexity index is 378. The number of rotatable bonds is 1. The lowest BCUT2D eigenvalue weighted by Crippen LogP contribution is -2.17. The van der Waals surface area contributed by atoms with Crippen LogP contribution in [-0.4, -0.2) is 5.91 Å². The van der Waals surface area contributed by atoms with Crippen molar-refractivity contribution in [1.29, 1.82) is 0 Å². The molecule has 0 atom stereocenters. The van der Waals surface area contributed by atoms with Crippen molar-refractivity contribution in [3.05, 3.63) is 23.8 Å². The van der Waals surface area contributed by atoms with Crippen molar-refractivity contribution in [2.75, 3.05) is 11.1 Å². The third-order valence-corrected chi connectivity index (χ3v) is 2.16. The lowest BCUT2D eigenvalue weighted by molar-refractivity contribution is -0.114. The SMILES string of the molecule is CC(=O)Nc1ccc(N)cc1C(C)(C)C. The minimum atomic E-state index is -0.0646. The second kappa shape index (κ2) is 3.93. The third kappa shape index (κ3) is 2.98. The fourth-order valence-corrected chi connectivity index (χ4v) is 1.48. The Labute approximate surface area is 90.7 Å². The number of hydrogen-bond donors (Lipinski definition) is 2. The van der Waals surface area contributed by atoms with E-state index in [4.69, 9.17) is 5.73 Å². The van der Waals surface area contributed by atoms with Gasteiger partial charge in [-0.15, -0.1) is 0 Å². The summed E-state index contributed by atoms with van der Waals surface area (Å²) < 4.78 is 0. The average Bonchev–Trinajstić information content (AvgIpc) is 2.05. The van der Waals surface area contributed by atoms with E-state index in [0.29, 0.717) is 5.69 Å². The summed E-state index contributed by atoms with van der Waals surface area (Å²) in [6.45, 7) is 7.77. The van der Waals surface area contributed by atoms with Crippen LogP contribution in [-0.2, 0) is 10.2 Å². The first kappa shape index (κ1) is 11.6. The maximum atomic E-state index is 11.0. The van der Waals surface area contributed by atoms with E-state index in [1.54, 1.807) is 6.07 Å². The van der Waals surface area contributed by atoms with Crippen molar-refractivity contribution < 1.29 is 4.79 Å². The van der Waals surface area contributed by atoms with Crippen LogP contribution in [0.25, 0.3) is 0 Å². The molecule has 0 aliphatic heterocycles. The smallest absolute Gasteiger partial charge is 0.221 e. The molecule has 1 aromatic rings. The van der Waals surface area contributed by atoms with E-state index in [9.17, 15) is 4.79 Å². The van der Waals surface area contributed by atoms with Crippen LogP contribution < -0.4 is 11.1 Å². The minimum Gasteiger partial charge on any atom is -0.399 e. The van der Waals surface area contributed by atoms with Crippen LogP contribution >= 0.6 is 0 Å². The van der Waals surface area contributed by atoms with Gasteiger partial charge in [0.05, 0.1) is 0 Å². The van der Waals surface area contributed by atoms with Gasteiger partial charge in [0.2, 0.25) is 5.91 Å². The van der Waals surface area contributed by atoms with Crippen LogP contribution in [0.15, 0.2) is 18.2 Å². The van der Waals surface area contributed by atoms with Crippen molar-refractivity contribution in [3.8, 4) is 0 Å². The standard InChI is InChI=1S/C12H18N2O/c1-8(15)14-11-6-5-9(13)7-10(11)12(2,3)4/h5-7H,13H2,1-4H3,(H,14,15). The summed E-state index contributed by atoms with van der Waals surface area (Å²) >= 11 is 0. The normalized spacial score (nSPS) is 11.2. The molecule has 82 valence electrons. The van der Waals surface area contributed by atoms with Gasteiger partial charge in [0.15, 0.2) is 0 Å². The third-order valence-electron chi connectivity index (χ3n) is 2.16. The molecule has 0 saturated carbocycles. The van der Waals surface area contributed by atoms with Crippen molar-refractivity contribution in [1.82, 2.24) is 0 Å². The van der Waals surface area contributed by atoms with Gasteiger partial charge in [-0.05, 0) is 29.2 Å². The molecule has 0 fully saturated rings. The van der Waals surface area contributed by atoms with E-state index >= 15 is 0 Å². The van der Waals surface area contributed by atoms with Gasteiger partial charge in [-0.3, -0.25) is 4.79 Å². The highest BCUT2D eigenvalue weighted by atomic mass is 16.1. The first-order valence-electron chi connectivity index (χ1n) is 4.98. The first-order chi connectivity index (χ1) is 6.80. The topological polar surface area (TPSA) is 55.1 Å². The van der Waals surface area contributed by atoms with Crippen molar-refractivity contribution in [3.63, 3.8) is 0 Å². The molecule has 3 N–H and O–H groups in total. The maximum Gasteiger partial charge on any atom is 0.221 e. The molecule has 1 rings (SSSR count). The predicted octanol–water partition coefficient (Wildman–Crippen LogP) is 2.52. The van der Waals surface area contributed by atoms with Crippen molar-refractivity contribution in [2.24, 2.45) is 0 Å². The Hall–Kier alpha value is -1.51. The lowest BCUT2D eigenvalue weighted by atomic mass is 9.85. The summed E-state index contributed by atoms with van der Waals surface area (Å²) in [4.78, 5) is 11.0. The summed E-state index contributed by atoms with van der Waals surface area (Å²) in [6, 6.07) is 5.54. The molecule has 0 aliphatic rings. The zero-order valence-electron chi connectivity index (χ0n) is 9.72. The van der Waals surface area contributed by atoms with Gasteiger partial charge in [-0.2, -0.15) is 0 Å². The van der Waals surface area contributed by atoms with E-state index in [-0.39, 0.29) is 11.3 Å². The number of amides is 1. The Morgan fingerprint density at radius 3 is 2.40 bits per heavy atom. The largest absolute Gasteiger partial charge is 0.399 e. The molecule has 3 nitrogen and oxygen atoms in total. The molecule has 0 aliphatic carbocycles. The van der Waals surface area contributed by atoms with Gasteiger partial charge in [0.25, 0.3) is 0 Å². The average molecular weight is 206 g/mol. The molecular formula is C12H18N2O. The quantitative estimate of drug-likeness (QED) is 0.694. The van der Waals surface area contributed by atoms with Crippen LogP contribution in [0.2, 0.25) is 0 Å². The van der Waals surface area contributed by atoms with Crippen LogP contribution in [0.1, 0.15) is 33.3 Å². The molecule has 0 heterocycles. The van der Waals surface area contributed by atoms with Crippen LogP contribution in [0, 0.1) is 0 Å². The van der Waals surface area contributed by atoms with Gasteiger partial charge in [0.1, 0.15) is 0 Å². The number of benzene rings is 1. The number of anilines is 2. The predicted molar refractivity (Wildman–Crippen MR) is 63.9 cm³/mol. The van der Waals surface area contributed by atoms with Crippen LogP contribution in [0.3, 0.4) is 0 Å². The highest BCUT2D eigenvalue weighted by Gasteiger charge is 2.18. The van der Waals surface area contributed by atoms with E-state index in [1.807, 2.05) is 12.1 Å². The second-order valence-corrected chi connectivity index (χ2v) is 4.74. The first-order valence-corrected chi connectivity index (χ1v) is 4.98. The lowest BCUT2D eigenvalue weighted by Gasteiger charge is -2.23. The van der Waals surface area contributed by atoms with Gasteiger partial charge in [-0.1, -0.05) is 20.8 Å². The fourth-order valence-electron chi connectivity index (χ4n) is 1.48. The molecule has 0 bridgehead atoms. The van der Waals surface area contributed by atoms with Gasteiger partial charge in [-0.25, -0.2) is 0 Å². The summed E-state index contributed by atoms with van der Waals surface area (Å²) in [5.74, 6) is -0.0646. The number of carbonyl (C=O) groups is 1. The van der Waals surface area contributed by atoms with E-state index < -0.39 is 0 Å². The summed E-state index contributed by atoms with van der Waals surface area (Å²) in [5, 5.41) is 2.81. The number of nitrogen functional groups attached to an aromatic ring is 1. The number of hydrogen-bond acceptors (Lipinski definition) is 2. The second-order valence-electron chi connectivity index (χ2n) is 4.74. The molecule has 0 unspecified atom stereocenters. The Kier molecular flexibility index (Phi) is 3.03. The zero-order chi connectivity index (χ0) is 11.6. The molecule has 15 heavy (non-hydrogen) atoms. The Morgan fingerprint density at radius 2 is 1.93 bits per heavy atom. The molecule has 1 amide bonds. The van der Waals surface area contributed by atoms with Gasteiger partial charge < -0.3 is 11.1 Å². The van der Waals surface area contributed by atoms with Crippen LogP contribution in [0.5, 0.6) is 0 Å². The molecule has 0 saturated heterocycles. The number of nitrogens with one attached hydrogen (secondary N) is 1. The van der Waals surface area contributed by atoms with Gasteiger partial charge in [0, 0.05) is 18.3 Å². The highest BCUT2D eigenvalue weighted by Crippen LogP contribution is 2.31. The Morgan fingerprint density at radius 1 is 1.33 bits per heavy atom. The minimum absolute atomic E-state index is 0.0346. The summed E-state index contributed by atoms with van der Waals surface area (Å²) in [5.41, 5.74) is 8.32. The molecule has 1 aromatic carbocycles. The molecule has 0 aromatic heterocycles. The van der Waals surface area contributed by atoms with E-state index in [0.717, 1.165) is 11.3 Å². The van der Waals surface area contributed by atoms with E-state index in [2.05, 4.69) is 26.1 Å². The summed E-state index contributed by atoms with van der Waals surface area (Å²) in [6.07, 6.45) is 0. The monoisotopic (exact) mass is 206 g/mol. The van der Waals surface area contributed by atoms with E-state index in [1.165, 1.54) is 6.92 Å². The number of carbonyl (C=O) groups excluding carboxylic acids is 1. The fraction of sp³-hybridized carbons (Fsp3) is 0.417. The van der Waals surface area contributed by atoms with Crippen LogP contribution in [0.4, 0.5) is 11.4 Å². The Balaban J connectivity index is 3.20. The maximum absolute atomic E-state index is 11.0. The van der Waals surface area contributed by atoms with Gasteiger partial charge >= 0.3 is 0 Å². The molecule has 0 spiro atoms. The number of nitrogens with two attached hydrogens (primary N) is 1. The van der Waals surface area contributed by atoms with Crippen molar-refractivity contribution in [2.45, 2.75) is 33.1 Å². The molecule has 3 heteroatoms. The molecular weight excluding hydrogens is 188 g/mol.